The van der Waals surface area contributed by atoms with Crippen LogP contribution in [0.25, 0.3) is 0 Å². The van der Waals surface area contributed by atoms with Crippen molar-refractivity contribution in [2.75, 3.05) is 11.5 Å². The highest BCUT2D eigenvalue weighted by molar-refractivity contribution is 5.90. The Balaban J connectivity index is 3.08. The molecule has 0 aromatic heterocycles. The fraction of sp³-hybridized carbons (Fsp3) is 0.533. The minimum Gasteiger partial charge on any atom is -0.462 e. The lowest BCUT2D eigenvalue weighted by Gasteiger charge is -2.33. The van der Waals surface area contributed by atoms with E-state index in [4.69, 9.17) is 4.74 Å². The van der Waals surface area contributed by atoms with Crippen LogP contribution in [0, 0.1) is 0 Å². The molecule has 0 aliphatic carbocycles. The molecule has 1 aromatic carbocycles. The van der Waals surface area contributed by atoms with E-state index in [0.717, 1.165) is 0 Å². The van der Waals surface area contributed by atoms with Gasteiger partial charge in [0.25, 0.3) is 0 Å². The molecule has 0 heterocycles. The number of esters is 1. The van der Waals surface area contributed by atoms with Crippen LogP contribution in [0.4, 0.5) is 5.69 Å². The Bertz CT molecular complexity index is 426. The van der Waals surface area contributed by atoms with Gasteiger partial charge in [-0.15, -0.1) is 0 Å². The first-order valence-electron chi connectivity index (χ1n) is 6.96. The first kappa shape index (κ1) is 16.5. The van der Waals surface area contributed by atoms with Gasteiger partial charge < -0.3 is 19.8 Å². The van der Waals surface area contributed by atoms with E-state index in [9.17, 15) is 15.0 Å². The van der Waals surface area contributed by atoms with E-state index in [0.29, 0.717) is 30.7 Å². The van der Waals surface area contributed by atoms with E-state index in [1.807, 2.05) is 13.8 Å². The number of rotatable bonds is 7. The number of nitrogens with zero attached hydrogens (tertiary/aromatic N) is 1. The van der Waals surface area contributed by atoms with Gasteiger partial charge in [-0.3, -0.25) is 0 Å². The van der Waals surface area contributed by atoms with Crippen LogP contribution in [0.3, 0.4) is 0 Å². The summed E-state index contributed by atoms with van der Waals surface area (Å²) in [6, 6.07) is 6.73. The third kappa shape index (κ3) is 3.95. The number of hydrogen-bond donors (Lipinski definition) is 2. The minimum atomic E-state index is -0.803. The smallest absolute Gasteiger partial charge is 0.338 e. The van der Waals surface area contributed by atoms with Gasteiger partial charge in [-0.1, -0.05) is 19.9 Å². The molecule has 2 atom stereocenters. The summed E-state index contributed by atoms with van der Waals surface area (Å²) in [4.78, 5) is 13.2. The third-order valence-electron chi connectivity index (χ3n) is 3.03. The van der Waals surface area contributed by atoms with Crippen molar-refractivity contribution >= 4 is 11.7 Å². The maximum atomic E-state index is 11.7. The summed E-state index contributed by atoms with van der Waals surface area (Å²) in [5, 5.41) is 20.1. The molecule has 1 rings (SSSR count). The van der Waals surface area contributed by atoms with Crippen molar-refractivity contribution in [1.29, 1.82) is 0 Å². The quantitative estimate of drug-likeness (QED) is 0.592. The van der Waals surface area contributed by atoms with Gasteiger partial charge in [-0.05, 0) is 38.0 Å². The fourth-order valence-corrected chi connectivity index (χ4v) is 1.94. The molecule has 20 heavy (non-hydrogen) atoms. The second kappa shape index (κ2) is 7.87. The highest BCUT2D eigenvalue weighted by Crippen LogP contribution is 2.22. The molecule has 0 saturated carbocycles. The van der Waals surface area contributed by atoms with Gasteiger partial charge in [0, 0.05) is 5.69 Å². The molecule has 2 N–H and O–H groups in total. The predicted octanol–water partition coefficient (Wildman–Crippen LogP) is 2.13. The summed E-state index contributed by atoms with van der Waals surface area (Å²) in [7, 11) is 0. The van der Waals surface area contributed by atoms with Crippen molar-refractivity contribution in [1.82, 2.24) is 0 Å². The first-order valence-corrected chi connectivity index (χ1v) is 6.96. The molecule has 0 amide bonds. The maximum absolute atomic E-state index is 11.7. The monoisotopic (exact) mass is 281 g/mol. The van der Waals surface area contributed by atoms with Crippen LogP contribution in [0.1, 0.15) is 44.0 Å². The minimum absolute atomic E-state index is 0.307. The van der Waals surface area contributed by atoms with Gasteiger partial charge in [0.15, 0.2) is 0 Å². The summed E-state index contributed by atoms with van der Waals surface area (Å²) in [6.07, 6.45) is -0.661. The molecular formula is C15H23NO4. The Hall–Kier alpha value is -1.59. The number of hydrogen-bond acceptors (Lipinski definition) is 5. The Morgan fingerprint density at radius 1 is 1.20 bits per heavy atom. The Morgan fingerprint density at radius 3 is 2.30 bits per heavy atom. The Morgan fingerprint density at radius 2 is 1.80 bits per heavy atom. The molecule has 0 spiro atoms. The molecule has 0 aliphatic rings. The highest BCUT2D eigenvalue weighted by Gasteiger charge is 2.22. The molecular weight excluding hydrogens is 258 g/mol. The second-order valence-electron chi connectivity index (χ2n) is 4.46. The van der Waals surface area contributed by atoms with E-state index in [2.05, 4.69) is 0 Å². The highest BCUT2D eigenvalue weighted by atomic mass is 16.5. The molecule has 5 nitrogen and oxygen atoms in total. The Labute approximate surface area is 119 Å². The van der Waals surface area contributed by atoms with Gasteiger partial charge in [0.05, 0.1) is 12.2 Å². The van der Waals surface area contributed by atoms with Crippen molar-refractivity contribution < 1.29 is 19.7 Å². The van der Waals surface area contributed by atoms with Crippen molar-refractivity contribution in [2.24, 2.45) is 0 Å². The van der Waals surface area contributed by atoms with Crippen LogP contribution >= 0.6 is 0 Å². The zero-order chi connectivity index (χ0) is 15.1. The molecule has 0 bridgehead atoms. The molecule has 0 aliphatic heterocycles. The van der Waals surface area contributed by atoms with Crippen LogP contribution in [0.2, 0.25) is 0 Å². The van der Waals surface area contributed by atoms with Gasteiger partial charge in [0.2, 0.25) is 0 Å². The van der Waals surface area contributed by atoms with Gasteiger partial charge in [-0.2, -0.15) is 0 Å². The molecule has 112 valence electrons. The average molecular weight is 281 g/mol. The molecule has 0 fully saturated rings. The molecule has 2 unspecified atom stereocenters. The number of aliphatic hydroxyl groups excluding tert-OH is 2. The van der Waals surface area contributed by atoms with Crippen molar-refractivity contribution in [3.8, 4) is 0 Å². The fourth-order valence-electron chi connectivity index (χ4n) is 1.94. The van der Waals surface area contributed by atoms with E-state index in [-0.39, 0.29) is 0 Å². The van der Waals surface area contributed by atoms with Gasteiger partial charge >= 0.3 is 5.97 Å². The largest absolute Gasteiger partial charge is 0.462 e. The summed E-state index contributed by atoms with van der Waals surface area (Å²) in [5.41, 5.74) is 1.00. The maximum Gasteiger partial charge on any atom is 0.338 e. The normalized spacial score (nSPS) is 13.7. The van der Waals surface area contributed by atoms with E-state index < -0.39 is 18.4 Å². The lowest BCUT2D eigenvalue weighted by molar-refractivity contribution is 0.0525. The van der Waals surface area contributed by atoms with Crippen LogP contribution in [0.15, 0.2) is 24.3 Å². The van der Waals surface area contributed by atoms with Crippen molar-refractivity contribution in [3.05, 3.63) is 29.8 Å². The molecule has 5 heteroatoms. The van der Waals surface area contributed by atoms with Crippen LogP contribution in [0.5, 0.6) is 0 Å². The number of carbonyl (C=O) groups is 1. The molecule has 1 aromatic rings. The van der Waals surface area contributed by atoms with Crippen LogP contribution in [-0.2, 0) is 4.74 Å². The lowest BCUT2D eigenvalue weighted by Crippen LogP contribution is -2.43. The van der Waals surface area contributed by atoms with E-state index in [1.54, 1.807) is 31.2 Å². The zero-order valence-electron chi connectivity index (χ0n) is 12.2. The summed E-state index contributed by atoms with van der Waals surface area (Å²) >= 11 is 0. The number of carbonyl (C=O) groups excluding carboxylic acids is 1. The van der Waals surface area contributed by atoms with Gasteiger partial charge in [-0.25, -0.2) is 4.79 Å². The number of ether oxygens (including phenoxy) is 1. The lowest BCUT2D eigenvalue weighted by atomic mass is 10.1. The van der Waals surface area contributed by atoms with Crippen LogP contribution in [-0.4, -0.2) is 35.2 Å². The van der Waals surface area contributed by atoms with E-state index >= 15 is 0 Å². The standard InChI is InChI=1S/C15H23NO4/c1-4-13(17)16(14(18)5-2)12-9-7-8-11(10-12)15(19)20-6-3/h7-10,13-14,17-18H,4-6H2,1-3H3. The summed E-state index contributed by atoms with van der Waals surface area (Å²) in [5.74, 6) is -0.411. The average Bonchev–Trinajstić information content (AvgIpc) is 2.47. The van der Waals surface area contributed by atoms with Crippen molar-refractivity contribution in [3.63, 3.8) is 0 Å². The third-order valence-corrected chi connectivity index (χ3v) is 3.03. The van der Waals surface area contributed by atoms with Crippen LogP contribution < -0.4 is 4.90 Å². The molecule has 0 saturated heterocycles. The van der Waals surface area contributed by atoms with E-state index in [1.165, 1.54) is 4.90 Å². The summed E-state index contributed by atoms with van der Waals surface area (Å²) in [6.45, 7) is 5.71. The number of anilines is 1. The summed E-state index contributed by atoms with van der Waals surface area (Å²) < 4.78 is 4.95. The van der Waals surface area contributed by atoms with Gasteiger partial charge in [0.1, 0.15) is 12.5 Å². The number of aliphatic hydroxyl groups is 2. The second-order valence-corrected chi connectivity index (χ2v) is 4.46. The van der Waals surface area contributed by atoms with Crippen molar-refractivity contribution in [2.45, 2.75) is 46.1 Å². The Kier molecular flexibility index (Phi) is 6.48. The first-order chi connectivity index (χ1) is 9.54. The topological polar surface area (TPSA) is 70.0 Å². The molecule has 0 radical (unpaired) electrons. The zero-order valence-corrected chi connectivity index (χ0v) is 12.2. The predicted molar refractivity (Wildman–Crippen MR) is 77.5 cm³/mol. The SMILES string of the molecule is CCOC(=O)c1cccc(N(C(O)CC)C(O)CC)c1. The number of benzene rings is 1.